The predicted molar refractivity (Wildman–Crippen MR) is 99.8 cm³/mol. The summed E-state index contributed by atoms with van der Waals surface area (Å²) in [5, 5.41) is 3.04. The molecule has 0 radical (unpaired) electrons. The number of rotatable bonds is 9. The molecule has 0 atom stereocenters. The molecule has 1 aliphatic rings. The third kappa shape index (κ3) is 4.66. The fourth-order valence-electron chi connectivity index (χ4n) is 3.43. The Morgan fingerprint density at radius 3 is 2.48 bits per heavy atom. The number of nitrogens with one attached hydrogen (secondary N) is 1. The number of carbonyl (C=O) groups is 1. The molecule has 3 N–H and O–H groups in total. The molecule has 1 aromatic carbocycles. The first-order chi connectivity index (χ1) is 12.1. The molecule has 140 valence electrons. The van der Waals surface area contributed by atoms with Gasteiger partial charge in [-0.3, -0.25) is 4.79 Å². The number of hydrogen-bond acceptors (Lipinski definition) is 4. The SMILES string of the molecule is CCC(CC)(CN)C(=O)NCc1ccc(OC)c(OC2CCCC2)c1. The summed E-state index contributed by atoms with van der Waals surface area (Å²) in [7, 11) is 1.65. The lowest BCUT2D eigenvalue weighted by atomic mass is 9.81. The van der Waals surface area contributed by atoms with Crippen molar-refractivity contribution < 1.29 is 14.3 Å². The van der Waals surface area contributed by atoms with E-state index < -0.39 is 5.41 Å². The molecule has 1 amide bonds. The first-order valence-corrected chi connectivity index (χ1v) is 9.40. The fourth-order valence-corrected chi connectivity index (χ4v) is 3.43. The van der Waals surface area contributed by atoms with E-state index in [9.17, 15) is 4.79 Å². The van der Waals surface area contributed by atoms with Gasteiger partial charge in [0.15, 0.2) is 11.5 Å². The molecule has 0 bridgehead atoms. The van der Waals surface area contributed by atoms with Crippen molar-refractivity contribution in [3.8, 4) is 11.5 Å². The molecule has 1 aromatic rings. The van der Waals surface area contributed by atoms with E-state index in [1.165, 1.54) is 12.8 Å². The Bertz CT molecular complexity index is 556. The van der Waals surface area contributed by atoms with Crippen molar-refractivity contribution in [2.24, 2.45) is 11.1 Å². The van der Waals surface area contributed by atoms with E-state index in [2.05, 4.69) is 5.32 Å². The van der Waals surface area contributed by atoms with Gasteiger partial charge in [0.2, 0.25) is 5.91 Å². The highest BCUT2D eigenvalue weighted by atomic mass is 16.5. The highest BCUT2D eigenvalue weighted by molar-refractivity contribution is 5.82. The zero-order valence-corrected chi connectivity index (χ0v) is 15.8. The van der Waals surface area contributed by atoms with Crippen LogP contribution in [0, 0.1) is 5.41 Å². The molecular weight excluding hydrogens is 316 g/mol. The van der Waals surface area contributed by atoms with Crippen LogP contribution in [-0.4, -0.2) is 25.7 Å². The van der Waals surface area contributed by atoms with Gasteiger partial charge in [0.25, 0.3) is 0 Å². The fraction of sp³-hybridized carbons (Fsp3) is 0.650. The van der Waals surface area contributed by atoms with Crippen LogP contribution in [0.5, 0.6) is 11.5 Å². The second-order valence-corrected chi connectivity index (χ2v) is 6.88. The standard InChI is InChI=1S/C20H32N2O3/c1-4-20(5-2,14-21)19(23)22-13-15-10-11-17(24-3)18(12-15)25-16-8-6-7-9-16/h10-12,16H,4-9,13-14,21H2,1-3H3,(H,22,23). The van der Waals surface area contributed by atoms with Crippen molar-refractivity contribution in [1.29, 1.82) is 0 Å². The van der Waals surface area contributed by atoms with Gasteiger partial charge in [0, 0.05) is 13.1 Å². The molecule has 1 aliphatic carbocycles. The van der Waals surface area contributed by atoms with E-state index >= 15 is 0 Å². The van der Waals surface area contributed by atoms with Crippen molar-refractivity contribution in [2.45, 2.75) is 65.0 Å². The normalized spacial score (nSPS) is 15.2. The summed E-state index contributed by atoms with van der Waals surface area (Å²) in [6.45, 7) is 4.85. The zero-order valence-electron chi connectivity index (χ0n) is 15.8. The second-order valence-electron chi connectivity index (χ2n) is 6.88. The molecule has 2 rings (SSSR count). The van der Waals surface area contributed by atoms with Gasteiger partial charge in [-0.1, -0.05) is 19.9 Å². The van der Waals surface area contributed by atoms with Crippen LogP contribution in [0.4, 0.5) is 0 Å². The molecule has 5 heteroatoms. The van der Waals surface area contributed by atoms with Gasteiger partial charge >= 0.3 is 0 Å². The largest absolute Gasteiger partial charge is 0.493 e. The molecule has 1 fully saturated rings. The quantitative estimate of drug-likeness (QED) is 0.717. The first kappa shape index (κ1) is 19.6. The van der Waals surface area contributed by atoms with Crippen LogP contribution < -0.4 is 20.5 Å². The minimum Gasteiger partial charge on any atom is -0.493 e. The first-order valence-electron chi connectivity index (χ1n) is 9.40. The Balaban J connectivity index is 2.05. The summed E-state index contributed by atoms with van der Waals surface area (Å²) in [6.07, 6.45) is 6.38. The third-order valence-corrected chi connectivity index (χ3v) is 5.50. The van der Waals surface area contributed by atoms with Crippen molar-refractivity contribution in [3.63, 3.8) is 0 Å². The topological polar surface area (TPSA) is 73.6 Å². The van der Waals surface area contributed by atoms with E-state index in [1.807, 2.05) is 32.0 Å². The summed E-state index contributed by atoms with van der Waals surface area (Å²) < 4.78 is 11.5. The lowest BCUT2D eigenvalue weighted by molar-refractivity contribution is -0.131. The third-order valence-electron chi connectivity index (χ3n) is 5.50. The summed E-state index contributed by atoms with van der Waals surface area (Å²) in [4.78, 5) is 12.6. The summed E-state index contributed by atoms with van der Waals surface area (Å²) >= 11 is 0. The van der Waals surface area contributed by atoms with Gasteiger partial charge in [-0.25, -0.2) is 0 Å². The highest BCUT2D eigenvalue weighted by Crippen LogP contribution is 2.32. The van der Waals surface area contributed by atoms with Gasteiger partial charge in [-0.05, 0) is 56.2 Å². The number of amides is 1. The zero-order chi connectivity index (χ0) is 18.3. The number of carbonyl (C=O) groups excluding carboxylic acids is 1. The van der Waals surface area contributed by atoms with Gasteiger partial charge in [-0.2, -0.15) is 0 Å². The smallest absolute Gasteiger partial charge is 0.227 e. The molecule has 0 unspecified atom stereocenters. The van der Waals surface area contributed by atoms with Gasteiger partial charge in [-0.15, -0.1) is 0 Å². The van der Waals surface area contributed by atoms with E-state index in [4.69, 9.17) is 15.2 Å². The van der Waals surface area contributed by atoms with Crippen molar-refractivity contribution in [3.05, 3.63) is 23.8 Å². The van der Waals surface area contributed by atoms with Crippen LogP contribution in [0.1, 0.15) is 57.9 Å². The average Bonchev–Trinajstić information content (AvgIpc) is 3.15. The molecule has 0 heterocycles. The van der Waals surface area contributed by atoms with E-state index in [0.717, 1.165) is 42.7 Å². The average molecular weight is 348 g/mol. The van der Waals surface area contributed by atoms with E-state index in [0.29, 0.717) is 13.1 Å². The number of nitrogens with two attached hydrogens (primary N) is 1. The molecule has 0 saturated heterocycles. The maximum absolute atomic E-state index is 12.6. The van der Waals surface area contributed by atoms with E-state index in [-0.39, 0.29) is 12.0 Å². The van der Waals surface area contributed by atoms with Crippen molar-refractivity contribution in [2.75, 3.05) is 13.7 Å². The molecule has 25 heavy (non-hydrogen) atoms. The van der Waals surface area contributed by atoms with Gasteiger partial charge < -0.3 is 20.5 Å². The van der Waals surface area contributed by atoms with Crippen LogP contribution in [0.2, 0.25) is 0 Å². The van der Waals surface area contributed by atoms with Crippen LogP contribution in [0.15, 0.2) is 18.2 Å². The Kier molecular flexibility index (Phi) is 7.12. The Hall–Kier alpha value is -1.75. The minimum atomic E-state index is -0.477. The summed E-state index contributed by atoms with van der Waals surface area (Å²) in [5.74, 6) is 1.52. The number of ether oxygens (including phenoxy) is 2. The van der Waals surface area contributed by atoms with Crippen LogP contribution >= 0.6 is 0 Å². The second kappa shape index (κ2) is 9.09. The maximum atomic E-state index is 12.6. The van der Waals surface area contributed by atoms with E-state index in [1.54, 1.807) is 7.11 Å². The molecule has 0 spiro atoms. The van der Waals surface area contributed by atoms with Crippen molar-refractivity contribution in [1.82, 2.24) is 5.32 Å². The lowest BCUT2D eigenvalue weighted by Gasteiger charge is -2.28. The summed E-state index contributed by atoms with van der Waals surface area (Å²) in [6, 6.07) is 5.84. The van der Waals surface area contributed by atoms with Gasteiger partial charge in [0.1, 0.15) is 0 Å². The van der Waals surface area contributed by atoms with Crippen molar-refractivity contribution >= 4 is 5.91 Å². The monoisotopic (exact) mass is 348 g/mol. The molecule has 0 aromatic heterocycles. The lowest BCUT2D eigenvalue weighted by Crippen LogP contribution is -2.45. The molecule has 0 aliphatic heterocycles. The Morgan fingerprint density at radius 2 is 1.92 bits per heavy atom. The van der Waals surface area contributed by atoms with Crippen LogP contribution in [0.25, 0.3) is 0 Å². The minimum absolute atomic E-state index is 0.0223. The number of benzene rings is 1. The molecular formula is C20H32N2O3. The van der Waals surface area contributed by atoms with Crippen LogP contribution in [0.3, 0.4) is 0 Å². The highest BCUT2D eigenvalue weighted by Gasteiger charge is 2.33. The Morgan fingerprint density at radius 1 is 1.24 bits per heavy atom. The number of hydrogen-bond donors (Lipinski definition) is 2. The van der Waals surface area contributed by atoms with Gasteiger partial charge in [0.05, 0.1) is 18.6 Å². The maximum Gasteiger partial charge on any atom is 0.227 e. The summed E-state index contributed by atoms with van der Waals surface area (Å²) in [5.41, 5.74) is 6.38. The van der Waals surface area contributed by atoms with Crippen LogP contribution in [-0.2, 0) is 11.3 Å². The Labute approximate surface area is 151 Å². The molecule has 1 saturated carbocycles. The molecule has 5 nitrogen and oxygen atoms in total. The predicted octanol–water partition coefficient (Wildman–Crippen LogP) is 3.40. The number of methoxy groups -OCH3 is 1.